The van der Waals surface area contributed by atoms with Crippen molar-refractivity contribution >= 4 is 34.3 Å². The average Bonchev–Trinajstić information content (AvgIpc) is 3.12. The van der Waals surface area contributed by atoms with Crippen LogP contribution in [0, 0.1) is 0 Å². The zero-order chi connectivity index (χ0) is 18.6. The van der Waals surface area contributed by atoms with Crippen molar-refractivity contribution in [3.05, 3.63) is 66.5 Å². The van der Waals surface area contributed by atoms with Crippen molar-refractivity contribution in [2.75, 3.05) is 23.4 Å². The van der Waals surface area contributed by atoms with Crippen molar-refractivity contribution in [2.45, 2.75) is 6.54 Å². The minimum atomic E-state index is -0.376. The molecule has 1 saturated heterocycles. The van der Waals surface area contributed by atoms with Gasteiger partial charge in [-0.2, -0.15) is 0 Å². The summed E-state index contributed by atoms with van der Waals surface area (Å²) in [6.07, 6.45) is 1.36. The first-order valence-corrected chi connectivity index (χ1v) is 8.62. The third-order valence-corrected chi connectivity index (χ3v) is 4.35. The highest BCUT2D eigenvalue weighted by molar-refractivity contribution is 5.93. The number of aromatic nitrogens is 1. The Balaban J connectivity index is 1.42. The Morgan fingerprint density at radius 2 is 2.04 bits per heavy atom. The standard InChI is InChI=1S/C20H18N4O3/c25-19(22-13-18-17-7-2-1-4-14(17)8-9-21-18)23-15-5-3-6-16(12-15)24-10-11-27-20(24)26/h1-9,12H,10-11,13H2,(H2,22,23,25). The maximum atomic E-state index is 12.3. The van der Waals surface area contributed by atoms with E-state index >= 15 is 0 Å². The number of urea groups is 1. The number of anilines is 2. The van der Waals surface area contributed by atoms with Gasteiger partial charge in [0.05, 0.1) is 18.8 Å². The first kappa shape index (κ1) is 16.8. The number of nitrogens with one attached hydrogen (secondary N) is 2. The SMILES string of the molecule is O=C(NCc1nccc2ccccc12)Nc1cccc(N2CCOC2=O)c1. The summed E-state index contributed by atoms with van der Waals surface area (Å²) in [6.45, 7) is 1.18. The third kappa shape index (κ3) is 3.67. The first-order chi connectivity index (χ1) is 13.2. The maximum absolute atomic E-state index is 12.3. The molecule has 4 rings (SSSR count). The molecule has 2 heterocycles. The molecule has 1 aliphatic heterocycles. The van der Waals surface area contributed by atoms with E-state index in [1.54, 1.807) is 30.5 Å². The number of carbonyl (C=O) groups is 2. The molecule has 0 bridgehead atoms. The molecule has 7 heteroatoms. The minimum absolute atomic E-state index is 0.311. The molecule has 0 aliphatic carbocycles. The van der Waals surface area contributed by atoms with E-state index in [2.05, 4.69) is 15.6 Å². The molecule has 0 saturated carbocycles. The number of cyclic esters (lactones) is 1. The van der Waals surface area contributed by atoms with Gasteiger partial charge in [-0.05, 0) is 29.7 Å². The summed E-state index contributed by atoms with van der Waals surface area (Å²) in [5.41, 5.74) is 2.08. The fourth-order valence-electron chi connectivity index (χ4n) is 3.04. The second-order valence-electron chi connectivity index (χ2n) is 6.10. The molecule has 0 atom stereocenters. The van der Waals surface area contributed by atoms with Crippen molar-refractivity contribution < 1.29 is 14.3 Å². The lowest BCUT2D eigenvalue weighted by Crippen LogP contribution is -2.29. The highest BCUT2D eigenvalue weighted by Gasteiger charge is 2.23. The van der Waals surface area contributed by atoms with Crippen molar-refractivity contribution in [1.82, 2.24) is 10.3 Å². The molecule has 3 aromatic rings. The zero-order valence-electron chi connectivity index (χ0n) is 14.5. The molecule has 0 radical (unpaired) electrons. The molecule has 7 nitrogen and oxygen atoms in total. The largest absolute Gasteiger partial charge is 0.447 e. The maximum Gasteiger partial charge on any atom is 0.414 e. The van der Waals surface area contributed by atoms with Gasteiger partial charge in [-0.1, -0.05) is 30.3 Å². The number of amides is 3. The van der Waals surface area contributed by atoms with E-state index in [-0.39, 0.29) is 12.1 Å². The van der Waals surface area contributed by atoms with Crippen LogP contribution in [-0.4, -0.2) is 30.3 Å². The van der Waals surface area contributed by atoms with Crippen molar-refractivity contribution in [3.8, 4) is 0 Å². The van der Waals surface area contributed by atoms with E-state index in [0.717, 1.165) is 16.5 Å². The van der Waals surface area contributed by atoms with Gasteiger partial charge < -0.3 is 15.4 Å². The lowest BCUT2D eigenvalue weighted by atomic mass is 10.1. The molecule has 0 spiro atoms. The van der Waals surface area contributed by atoms with Crippen LogP contribution in [0.15, 0.2) is 60.8 Å². The molecular weight excluding hydrogens is 344 g/mol. The number of rotatable bonds is 4. The van der Waals surface area contributed by atoms with E-state index in [1.165, 1.54) is 4.90 Å². The number of benzene rings is 2. The number of hydrogen-bond acceptors (Lipinski definition) is 4. The van der Waals surface area contributed by atoms with Crippen LogP contribution in [0.2, 0.25) is 0 Å². The predicted octanol–water partition coefficient (Wildman–Crippen LogP) is 3.51. The van der Waals surface area contributed by atoms with E-state index in [9.17, 15) is 9.59 Å². The van der Waals surface area contributed by atoms with Gasteiger partial charge in [-0.3, -0.25) is 9.88 Å². The third-order valence-electron chi connectivity index (χ3n) is 4.35. The molecule has 1 aromatic heterocycles. The Kier molecular flexibility index (Phi) is 4.57. The fraction of sp³-hybridized carbons (Fsp3) is 0.150. The number of hydrogen-bond donors (Lipinski definition) is 2. The molecule has 2 N–H and O–H groups in total. The molecule has 3 amide bonds. The molecule has 27 heavy (non-hydrogen) atoms. The van der Waals surface area contributed by atoms with Gasteiger partial charge >= 0.3 is 12.1 Å². The Labute approximate surface area is 156 Å². The summed E-state index contributed by atoms with van der Waals surface area (Å²) in [6, 6.07) is 16.6. The van der Waals surface area contributed by atoms with Gasteiger partial charge in [0, 0.05) is 23.0 Å². The van der Waals surface area contributed by atoms with Gasteiger partial charge in [-0.15, -0.1) is 0 Å². The predicted molar refractivity (Wildman–Crippen MR) is 103 cm³/mol. The van der Waals surface area contributed by atoms with Crippen LogP contribution in [0.4, 0.5) is 21.0 Å². The minimum Gasteiger partial charge on any atom is -0.447 e. The molecular formula is C20H18N4O3. The van der Waals surface area contributed by atoms with Gasteiger partial charge in [-0.25, -0.2) is 9.59 Å². The Bertz CT molecular complexity index is 1000. The fourth-order valence-corrected chi connectivity index (χ4v) is 3.04. The summed E-state index contributed by atoms with van der Waals surface area (Å²) in [5, 5.41) is 7.69. The number of fused-ring (bicyclic) bond motifs is 1. The van der Waals surface area contributed by atoms with Crippen LogP contribution in [0.3, 0.4) is 0 Å². The van der Waals surface area contributed by atoms with Gasteiger partial charge in [0.15, 0.2) is 0 Å². The van der Waals surface area contributed by atoms with E-state index in [1.807, 2.05) is 30.3 Å². The van der Waals surface area contributed by atoms with E-state index in [0.29, 0.717) is 31.1 Å². The van der Waals surface area contributed by atoms with Gasteiger partial charge in [0.25, 0.3) is 0 Å². The van der Waals surface area contributed by atoms with Crippen LogP contribution >= 0.6 is 0 Å². The summed E-state index contributed by atoms with van der Waals surface area (Å²) < 4.78 is 4.94. The second-order valence-corrected chi connectivity index (χ2v) is 6.10. The van der Waals surface area contributed by atoms with Crippen molar-refractivity contribution in [3.63, 3.8) is 0 Å². The van der Waals surface area contributed by atoms with Gasteiger partial charge in [0.1, 0.15) is 6.61 Å². The second kappa shape index (κ2) is 7.33. The van der Waals surface area contributed by atoms with Crippen LogP contribution in [0.25, 0.3) is 10.8 Å². The number of nitrogens with zero attached hydrogens (tertiary/aromatic N) is 2. The summed E-state index contributed by atoms with van der Waals surface area (Å²) in [7, 11) is 0. The zero-order valence-corrected chi connectivity index (χ0v) is 14.5. The van der Waals surface area contributed by atoms with E-state index < -0.39 is 0 Å². The molecule has 1 aliphatic rings. The Morgan fingerprint density at radius 1 is 1.15 bits per heavy atom. The summed E-state index contributed by atoms with van der Waals surface area (Å²) >= 11 is 0. The lowest BCUT2D eigenvalue weighted by Gasteiger charge is -2.14. The van der Waals surface area contributed by atoms with Crippen molar-refractivity contribution in [1.29, 1.82) is 0 Å². The van der Waals surface area contributed by atoms with E-state index in [4.69, 9.17) is 4.74 Å². The van der Waals surface area contributed by atoms with Crippen LogP contribution in [-0.2, 0) is 11.3 Å². The van der Waals surface area contributed by atoms with Crippen molar-refractivity contribution in [2.24, 2.45) is 0 Å². The average molecular weight is 362 g/mol. The number of carbonyl (C=O) groups excluding carboxylic acids is 2. The summed E-state index contributed by atoms with van der Waals surface area (Å²) in [5.74, 6) is 0. The summed E-state index contributed by atoms with van der Waals surface area (Å²) in [4.78, 5) is 29.8. The molecule has 2 aromatic carbocycles. The number of pyridine rings is 1. The smallest absolute Gasteiger partial charge is 0.414 e. The highest BCUT2D eigenvalue weighted by atomic mass is 16.6. The van der Waals surface area contributed by atoms with Crippen LogP contribution in [0.5, 0.6) is 0 Å². The molecule has 1 fully saturated rings. The van der Waals surface area contributed by atoms with Crippen LogP contribution in [0.1, 0.15) is 5.69 Å². The lowest BCUT2D eigenvalue weighted by molar-refractivity contribution is 0.181. The molecule has 0 unspecified atom stereocenters. The molecule has 136 valence electrons. The Morgan fingerprint density at radius 3 is 2.89 bits per heavy atom. The van der Waals surface area contributed by atoms with Crippen LogP contribution < -0.4 is 15.5 Å². The normalized spacial score (nSPS) is 13.5. The Hall–Kier alpha value is -3.61. The number of ether oxygens (including phenoxy) is 1. The first-order valence-electron chi connectivity index (χ1n) is 8.62. The topological polar surface area (TPSA) is 83.6 Å². The monoisotopic (exact) mass is 362 g/mol. The van der Waals surface area contributed by atoms with Gasteiger partial charge in [0.2, 0.25) is 0 Å². The quantitative estimate of drug-likeness (QED) is 0.744. The highest BCUT2D eigenvalue weighted by Crippen LogP contribution is 2.22.